The van der Waals surface area contributed by atoms with Crippen LogP contribution in [0.5, 0.6) is 11.5 Å². The molecule has 36 heavy (non-hydrogen) atoms. The predicted octanol–water partition coefficient (Wildman–Crippen LogP) is 6.81. The van der Waals surface area contributed by atoms with E-state index in [-0.39, 0.29) is 19.3 Å². The lowest BCUT2D eigenvalue weighted by molar-refractivity contribution is -0.157. The smallest absolute Gasteiger partial charge is 0.403 e. The first kappa shape index (κ1) is 33.5. The Morgan fingerprint density at radius 1 is 1.22 bits per heavy atom. The first-order valence-corrected chi connectivity index (χ1v) is 12.5. The summed E-state index contributed by atoms with van der Waals surface area (Å²) in [5.74, 6) is 0.361. The van der Waals surface area contributed by atoms with Crippen molar-refractivity contribution >= 4 is 30.1 Å². The summed E-state index contributed by atoms with van der Waals surface area (Å²) in [4.78, 5) is 3.95. The van der Waals surface area contributed by atoms with Crippen LogP contribution < -0.4 is 20.5 Å². The molecule has 3 N–H and O–H groups in total. The van der Waals surface area contributed by atoms with Gasteiger partial charge in [0.1, 0.15) is 11.9 Å². The van der Waals surface area contributed by atoms with Crippen molar-refractivity contribution in [3.05, 3.63) is 47.3 Å². The molecule has 0 bridgehead atoms. The van der Waals surface area contributed by atoms with Gasteiger partial charge in [-0.2, -0.15) is 25.8 Å². The Balaban J connectivity index is 0.00000291. The zero-order valence-corrected chi connectivity index (χ0v) is 22.9. The number of rotatable bonds is 9. The number of nitrogens with one attached hydrogen (secondary N) is 1. The zero-order valence-electron chi connectivity index (χ0n) is 22.0. The van der Waals surface area contributed by atoms with E-state index >= 15 is 0 Å². The van der Waals surface area contributed by atoms with Crippen LogP contribution in [0.3, 0.4) is 0 Å². The molecule has 0 radical (unpaired) electrons. The minimum atomic E-state index is -4.39. The van der Waals surface area contributed by atoms with Gasteiger partial charge in [-0.1, -0.05) is 26.8 Å². The number of hydrogen-bond donors (Lipinski definition) is 3. The number of aliphatic imine (C=N–C) groups is 1. The van der Waals surface area contributed by atoms with Crippen molar-refractivity contribution in [3.8, 4) is 11.5 Å². The van der Waals surface area contributed by atoms with E-state index in [9.17, 15) is 17.6 Å². The van der Waals surface area contributed by atoms with E-state index in [0.29, 0.717) is 33.9 Å². The quantitative estimate of drug-likeness (QED) is 0.141. The van der Waals surface area contributed by atoms with Gasteiger partial charge in [0.05, 0.1) is 14.2 Å². The molecule has 5 nitrogen and oxygen atoms in total. The van der Waals surface area contributed by atoms with Gasteiger partial charge < -0.3 is 15.2 Å². The number of benzene rings is 1. The number of allylic oxidation sites excluding steroid dienone is 4. The zero-order chi connectivity index (χ0) is 27.9. The number of nitrogens with zero attached hydrogens (tertiary/aromatic N) is 1. The lowest BCUT2D eigenvalue weighted by Crippen LogP contribution is -2.46. The van der Waals surface area contributed by atoms with Crippen LogP contribution >= 0.6 is 12.6 Å². The monoisotopic (exact) mass is 533 g/mol. The Morgan fingerprint density at radius 2 is 1.81 bits per heavy atom. The molecule has 204 valence electrons. The van der Waals surface area contributed by atoms with Gasteiger partial charge in [-0.15, -0.1) is 0 Å². The number of ether oxygens (including phenoxy) is 2. The molecule has 2 rings (SSSR count). The van der Waals surface area contributed by atoms with Gasteiger partial charge in [0.25, 0.3) is 0 Å². The number of anilines is 1. The maximum atomic E-state index is 14.8. The van der Waals surface area contributed by atoms with Crippen molar-refractivity contribution in [1.82, 2.24) is 5.32 Å². The van der Waals surface area contributed by atoms with Crippen LogP contribution in [-0.4, -0.2) is 52.0 Å². The van der Waals surface area contributed by atoms with E-state index in [1.54, 1.807) is 43.8 Å². The topological polar surface area (TPSA) is 68.9 Å². The lowest BCUT2D eigenvalue weighted by atomic mass is 9.91. The largest absolute Gasteiger partial charge is 0.493 e. The number of thiol groups is 1. The number of nitrogens with two attached hydrogens (primary N) is 1. The van der Waals surface area contributed by atoms with Gasteiger partial charge in [0.2, 0.25) is 0 Å². The van der Waals surface area contributed by atoms with Crippen LogP contribution in [0.2, 0.25) is 0 Å². The molecule has 0 aromatic heterocycles. The van der Waals surface area contributed by atoms with Crippen molar-refractivity contribution in [2.45, 2.75) is 58.3 Å². The number of nitrogen functional groups attached to an aromatic ring is 1. The minimum absolute atomic E-state index is 0.131. The van der Waals surface area contributed by atoms with E-state index in [2.05, 4.69) is 22.9 Å². The molecule has 0 heterocycles. The summed E-state index contributed by atoms with van der Waals surface area (Å²) in [6.07, 6.45) is 3.69. The average Bonchev–Trinajstić information content (AvgIpc) is 2.87. The number of hydrogen-bond acceptors (Lipinski definition) is 6. The Morgan fingerprint density at radius 3 is 2.28 bits per heavy atom. The molecule has 1 aromatic rings. The Bertz CT molecular complexity index is 928. The molecule has 0 aliphatic heterocycles. The highest BCUT2D eigenvalue weighted by Crippen LogP contribution is 2.38. The third-order valence-corrected chi connectivity index (χ3v) is 5.20. The van der Waals surface area contributed by atoms with Crippen LogP contribution in [-0.2, 0) is 0 Å². The molecule has 1 aliphatic carbocycles. The molecule has 1 aliphatic rings. The van der Waals surface area contributed by atoms with Gasteiger partial charge >= 0.3 is 6.18 Å². The maximum absolute atomic E-state index is 14.8. The molecule has 0 saturated carbocycles. The SMILES string of the molecule is CC.CCC(NC1C=C(F)C(C/C(=C/C=NC)c2cc(OC)c(OC)cc2N)=CC1)C(F)(F)F.CS. The first-order valence-electron chi connectivity index (χ1n) is 11.6. The third kappa shape index (κ3) is 9.89. The predicted molar refractivity (Wildman–Crippen MR) is 146 cm³/mol. The summed E-state index contributed by atoms with van der Waals surface area (Å²) >= 11 is 3.53. The highest BCUT2D eigenvalue weighted by atomic mass is 32.1. The van der Waals surface area contributed by atoms with Crippen LogP contribution in [0.25, 0.3) is 5.57 Å². The first-order chi connectivity index (χ1) is 17.1. The van der Waals surface area contributed by atoms with Crippen molar-refractivity contribution in [3.63, 3.8) is 0 Å². The van der Waals surface area contributed by atoms with Crippen LogP contribution in [0, 0.1) is 0 Å². The van der Waals surface area contributed by atoms with Crippen molar-refractivity contribution in [2.24, 2.45) is 4.99 Å². The van der Waals surface area contributed by atoms with Gasteiger partial charge in [-0.25, -0.2) is 4.39 Å². The second kappa shape index (κ2) is 17.1. The third-order valence-electron chi connectivity index (χ3n) is 5.20. The average molecular weight is 534 g/mol. The summed E-state index contributed by atoms with van der Waals surface area (Å²) in [5, 5.41) is 2.48. The highest BCUT2D eigenvalue weighted by Gasteiger charge is 2.39. The minimum Gasteiger partial charge on any atom is -0.493 e. The standard InChI is InChI=1S/C23H29F4N3O2.C2H6.CH4S/c1-5-22(23(25,26)27)30-16-7-6-15(18(24)11-16)10-14(8-9-29-2)17-12-20(31-3)21(32-4)13-19(17)28;2*1-2/h6,8-9,11-13,16,22,30H,5,7,10,28H2,1-4H3;1-2H3;2H,1H3/b14-8-,29-9?;;. The Hall–Kier alpha value is -2.46. The number of methoxy groups -OCH3 is 2. The highest BCUT2D eigenvalue weighted by molar-refractivity contribution is 7.79. The second-order valence-corrected chi connectivity index (χ2v) is 7.33. The number of alkyl halides is 3. The molecular weight excluding hydrogens is 494 g/mol. The molecule has 1 aromatic carbocycles. The molecule has 0 spiro atoms. The Labute approximate surface area is 217 Å². The van der Waals surface area contributed by atoms with Crippen LogP contribution in [0.1, 0.15) is 45.6 Å². The second-order valence-electron chi connectivity index (χ2n) is 7.33. The normalized spacial score (nSPS) is 16.7. The van der Waals surface area contributed by atoms with Crippen LogP contribution in [0.4, 0.5) is 23.2 Å². The van der Waals surface area contributed by atoms with Gasteiger partial charge in [0, 0.05) is 43.0 Å². The van der Waals surface area contributed by atoms with E-state index in [0.717, 1.165) is 0 Å². The maximum Gasteiger partial charge on any atom is 0.403 e. The van der Waals surface area contributed by atoms with E-state index in [1.165, 1.54) is 27.2 Å². The summed E-state index contributed by atoms with van der Waals surface area (Å²) in [7, 11) is 4.60. The van der Waals surface area contributed by atoms with E-state index in [4.69, 9.17) is 15.2 Å². The molecule has 2 atom stereocenters. The number of halogens is 4. The lowest BCUT2D eigenvalue weighted by Gasteiger charge is -2.26. The summed E-state index contributed by atoms with van der Waals surface area (Å²) in [5.41, 5.74) is 8.28. The van der Waals surface area contributed by atoms with Gasteiger partial charge in [0.15, 0.2) is 11.5 Å². The molecule has 2 unspecified atom stereocenters. The fourth-order valence-corrected chi connectivity index (χ4v) is 3.48. The van der Waals surface area contributed by atoms with Crippen molar-refractivity contribution in [1.29, 1.82) is 0 Å². The summed E-state index contributed by atoms with van der Waals surface area (Å²) in [6.45, 7) is 5.44. The van der Waals surface area contributed by atoms with Crippen molar-refractivity contribution < 1.29 is 27.0 Å². The fraction of sp³-hybridized carbons (Fsp3) is 0.500. The molecule has 0 amide bonds. The molecule has 0 fully saturated rings. The fourth-order valence-electron chi connectivity index (χ4n) is 3.48. The van der Waals surface area contributed by atoms with Gasteiger partial charge in [-0.05, 0) is 48.5 Å². The van der Waals surface area contributed by atoms with Gasteiger partial charge in [-0.3, -0.25) is 10.3 Å². The van der Waals surface area contributed by atoms with E-state index < -0.39 is 24.1 Å². The molecular formula is C26H39F4N3O2S. The van der Waals surface area contributed by atoms with E-state index in [1.807, 2.05) is 13.8 Å². The van der Waals surface area contributed by atoms with Crippen LogP contribution in [0.15, 0.2) is 46.8 Å². The summed E-state index contributed by atoms with van der Waals surface area (Å²) < 4.78 is 64.6. The molecule has 0 saturated heterocycles. The Kier molecular flexibility index (Phi) is 15.9. The summed E-state index contributed by atoms with van der Waals surface area (Å²) in [6, 6.07) is 0.901. The molecule has 10 heteroatoms. The van der Waals surface area contributed by atoms with Crippen molar-refractivity contribution in [2.75, 3.05) is 33.3 Å².